The van der Waals surface area contributed by atoms with Crippen LogP contribution in [0, 0.1) is 0 Å². The van der Waals surface area contributed by atoms with E-state index >= 15 is 0 Å². The molecule has 0 bridgehead atoms. The van der Waals surface area contributed by atoms with E-state index in [0.717, 1.165) is 51.7 Å². The monoisotopic (exact) mass is 415 g/mol. The molecule has 2 aromatic carbocycles. The molecule has 166 valence electrons. The maximum atomic E-state index is 10.3. The average molecular weight is 416 g/mol. The van der Waals surface area contributed by atoms with E-state index in [0.29, 0.717) is 23.7 Å². The lowest BCUT2D eigenvalue weighted by Gasteiger charge is -2.18. The van der Waals surface area contributed by atoms with E-state index in [9.17, 15) is 15.3 Å². The number of ether oxygens (including phenoxy) is 1. The van der Waals surface area contributed by atoms with Crippen molar-refractivity contribution in [1.82, 2.24) is 5.32 Å². The molecule has 2 rings (SSSR count). The molecule has 2 atom stereocenters. The summed E-state index contributed by atoms with van der Waals surface area (Å²) in [5.74, 6) is 0.0493. The van der Waals surface area contributed by atoms with Gasteiger partial charge in [-0.25, -0.2) is 0 Å². The zero-order valence-electron chi connectivity index (χ0n) is 18.1. The van der Waals surface area contributed by atoms with Gasteiger partial charge < -0.3 is 25.4 Å². The van der Waals surface area contributed by atoms with Crippen molar-refractivity contribution in [3.05, 3.63) is 65.2 Å². The van der Waals surface area contributed by atoms with Crippen LogP contribution in [0.15, 0.2) is 48.5 Å². The summed E-state index contributed by atoms with van der Waals surface area (Å²) in [5, 5.41) is 32.5. The number of aromatic hydroxyl groups is 1. The molecule has 0 amide bonds. The van der Waals surface area contributed by atoms with E-state index in [1.54, 1.807) is 12.1 Å². The van der Waals surface area contributed by atoms with Gasteiger partial charge in [0, 0.05) is 31.4 Å². The quantitative estimate of drug-likeness (QED) is 0.329. The number of aliphatic hydroxyl groups is 2. The Morgan fingerprint density at radius 1 is 0.967 bits per heavy atom. The first-order valence-corrected chi connectivity index (χ1v) is 11.1. The van der Waals surface area contributed by atoms with Crippen LogP contribution < -0.4 is 5.32 Å². The fraction of sp³-hybridized carbons (Fsp3) is 0.520. The number of aryl methyl sites for hydroxylation is 1. The Morgan fingerprint density at radius 3 is 2.43 bits per heavy atom. The SMILES string of the molecule is CC(CCCCOCCCCc1ccccc1)NCC(O)c1ccc(O)c(CO)c1. The molecule has 0 aromatic heterocycles. The van der Waals surface area contributed by atoms with Crippen LogP contribution in [0.25, 0.3) is 0 Å². The third-order valence-corrected chi connectivity index (χ3v) is 5.34. The highest BCUT2D eigenvalue weighted by Gasteiger charge is 2.11. The van der Waals surface area contributed by atoms with Gasteiger partial charge in [-0.15, -0.1) is 0 Å². The summed E-state index contributed by atoms with van der Waals surface area (Å²) in [5.41, 5.74) is 2.51. The van der Waals surface area contributed by atoms with Crippen molar-refractivity contribution in [2.24, 2.45) is 0 Å². The largest absolute Gasteiger partial charge is 0.508 e. The predicted molar refractivity (Wildman–Crippen MR) is 121 cm³/mol. The highest BCUT2D eigenvalue weighted by atomic mass is 16.5. The lowest BCUT2D eigenvalue weighted by atomic mass is 10.0. The molecule has 2 unspecified atom stereocenters. The van der Waals surface area contributed by atoms with E-state index in [2.05, 4.69) is 42.6 Å². The first-order chi connectivity index (χ1) is 14.6. The van der Waals surface area contributed by atoms with Crippen molar-refractivity contribution in [2.75, 3.05) is 19.8 Å². The molecule has 2 aromatic rings. The zero-order chi connectivity index (χ0) is 21.6. The second-order valence-electron chi connectivity index (χ2n) is 7.92. The molecule has 0 fully saturated rings. The molecule has 0 heterocycles. The van der Waals surface area contributed by atoms with Gasteiger partial charge in [-0.05, 0) is 68.7 Å². The van der Waals surface area contributed by atoms with Crippen molar-refractivity contribution in [2.45, 2.75) is 64.2 Å². The van der Waals surface area contributed by atoms with E-state index < -0.39 is 6.10 Å². The van der Waals surface area contributed by atoms with Crippen LogP contribution in [-0.4, -0.2) is 41.1 Å². The third kappa shape index (κ3) is 9.26. The molecular formula is C25H37NO4. The first kappa shape index (κ1) is 24.4. The molecule has 30 heavy (non-hydrogen) atoms. The molecule has 0 aliphatic heterocycles. The fourth-order valence-electron chi connectivity index (χ4n) is 3.41. The van der Waals surface area contributed by atoms with Crippen LogP contribution in [0.1, 0.15) is 61.8 Å². The zero-order valence-corrected chi connectivity index (χ0v) is 18.1. The Kier molecular flexibility index (Phi) is 11.5. The minimum Gasteiger partial charge on any atom is -0.508 e. The highest BCUT2D eigenvalue weighted by molar-refractivity contribution is 5.36. The molecule has 0 saturated carbocycles. The summed E-state index contributed by atoms with van der Waals surface area (Å²) in [4.78, 5) is 0. The van der Waals surface area contributed by atoms with Crippen LogP contribution >= 0.6 is 0 Å². The summed E-state index contributed by atoms with van der Waals surface area (Å²) in [6, 6.07) is 15.7. The van der Waals surface area contributed by atoms with Crippen LogP contribution in [0.5, 0.6) is 5.75 Å². The van der Waals surface area contributed by atoms with Crippen LogP contribution in [0.2, 0.25) is 0 Å². The van der Waals surface area contributed by atoms with Gasteiger partial charge in [0.15, 0.2) is 0 Å². The van der Waals surface area contributed by atoms with Crippen molar-refractivity contribution in [1.29, 1.82) is 0 Å². The predicted octanol–water partition coefficient (Wildman–Crippen LogP) is 4.11. The van der Waals surface area contributed by atoms with Crippen molar-refractivity contribution in [3.63, 3.8) is 0 Å². The second-order valence-corrected chi connectivity index (χ2v) is 7.92. The number of rotatable bonds is 15. The van der Waals surface area contributed by atoms with Gasteiger partial charge in [-0.3, -0.25) is 0 Å². The summed E-state index contributed by atoms with van der Waals surface area (Å²) >= 11 is 0. The van der Waals surface area contributed by atoms with Crippen molar-refractivity contribution >= 4 is 0 Å². The summed E-state index contributed by atoms with van der Waals surface area (Å²) in [6.07, 6.45) is 5.87. The Bertz CT molecular complexity index is 708. The van der Waals surface area contributed by atoms with Gasteiger partial charge in [0.05, 0.1) is 12.7 Å². The van der Waals surface area contributed by atoms with Gasteiger partial charge in [0.2, 0.25) is 0 Å². The molecule has 0 aliphatic rings. The van der Waals surface area contributed by atoms with E-state index in [-0.39, 0.29) is 12.4 Å². The molecule has 5 heteroatoms. The molecular weight excluding hydrogens is 378 g/mol. The standard InChI is InChI=1S/C25H37NO4/c1-20(26-18-25(29)22-13-14-24(28)23(17-22)19-27)9-5-7-15-30-16-8-6-12-21-10-3-2-4-11-21/h2-4,10-11,13-14,17,20,25-29H,5-9,12,15-16,18-19H2,1H3. The van der Waals surface area contributed by atoms with Crippen LogP contribution in [0.4, 0.5) is 0 Å². The summed E-state index contributed by atoms with van der Waals surface area (Å²) in [7, 11) is 0. The number of phenols is 1. The van der Waals surface area contributed by atoms with E-state index in [1.165, 1.54) is 11.6 Å². The molecule has 0 radical (unpaired) electrons. The molecule has 4 N–H and O–H groups in total. The normalized spacial score (nSPS) is 13.3. The fourth-order valence-corrected chi connectivity index (χ4v) is 3.41. The first-order valence-electron chi connectivity index (χ1n) is 11.1. The van der Waals surface area contributed by atoms with Crippen LogP contribution in [-0.2, 0) is 17.8 Å². The second kappa shape index (κ2) is 14.1. The van der Waals surface area contributed by atoms with Gasteiger partial charge in [0.25, 0.3) is 0 Å². The third-order valence-electron chi connectivity index (χ3n) is 5.34. The molecule has 0 spiro atoms. The van der Waals surface area contributed by atoms with Gasteiger partial charge in [-0.2, -0.15) is 0 Å². The van der Waals surface area contributed by atoms with Crippen LogP contribution in [0.3, 0.4) is 0 Å². The van der Waals surface area contributed by atoms with Gasteiger partial charge >= 0.3 is 0 Å². The average Bonchev–Trinajstić information content (AvgIpc) is 2.77. The molecule has 0 aliphatic carbocycles. The number of aliphatic hydroxyl groups excluding tert-OH is 2. The number of hydrogen-bond donors (Lipinski definition) is 4. The molecule has 5 nitrogen and oxygen atoms in total. The molecule has 0 saturated heterocycles. The lowest BCUT2D eigenvalue weighted by molar-refractivity contribution is 0.125. The number of nitrogens with one attached hydrogen (secondary N) is 1. The maximum Gasteiger partial charge on any atom is 0.121 e. The number of hydrogen-bond acceptors (Lipinski definition) is 5. The Balaban J connectivity index is 1.47. The Labute approximate surface area is 180 Å². The van der Waals surface area contributed by atoms with Crippen molar-refractivity contribution in [3.8, 4) is 5.75 Å². The Morgan fingerprint density at radius 2 is 1.70 bits per heavy atom. The van der Waals surface area contributed by atoms with Gasteiger partial charge in [0.1, 0.15) is 5.75 Å². The number of benzene rings is 2. The summed E-state index contributed by atoms with van der Waals surface area (Å²) in [6.45, 7) is 3.95. The lowest BCUT2D eigenvalue weighted by Crippen LogP contribution is -2.30. The minimum atomic E-state index is -0.669. The number of unbranched alkanes of at least 4 members (excludes halogenated alkanes) is 2. The van der Waals surface area contributed by atoms with Crippen molar-refractivity contribution < 1.29 is 20.1 Å². The van der Waals surface area contributed by atoms with E-state index in [1.807, 2.05) is 0 Å². The maximum absolute atomic E-state index is 10.3. The Hall–Kier alpha value is -1.92. The smallest absolute Gasteiger partial charge is 0.121 e. The van der Waals surface area contributed by atoms with E-state index in [4.69, 9.17) is 4.74 Å². The highest BCUT2D eigenvalue weighted by Crippen LogP contribution is 2.22. The summed E-state index contributed by atoms with van der Waals surface area (Å²) < 4.78 is 5.74. The minimum absolute atomic E-state index is 0.0493. The topological polar surface area (TPSA) is 82.0 Å². The van der Waals surface area contributed by atoms with Gasteiger partial charge in [-0.1, -0.05) is 36.4 Å².